The van der Waals surface area contributed by atoms with Gasteiger partial charge in [0.25, 0.3) is 11.8 Å². The number of amides is 4. The highest BCUT2D eigenvalue weighted by Gasteiger charge is 2.48. The number of hydrogen-bond donors (Lipinski definition) is 1. The number of benzene rings is 2. The lowest BCUT2D eigenvalue weighted by Crippen LogP contribution is -2.61. The van der Waals surface area contributed by atoms with E-state index in [-0.39, 0.29) is 37.9 Å². The van der Waals surface area contributed by atoms with E-state index in [9.17, 15) is 14.4 Å². The first-order valence-corrected chi connectivity index (χ1v) is 14.4. The monoisotopic (exact) mass is 606 g/mol. The van der Waals surface area contributed by atoms with Crippen molar-refractivity contribution in [1.29, 1.82) is 0 Å². The summed E-state index contributed by atoms with van der Waals surface area (Å²) in [4.78, 5) is 42.4. The summed E-state index contributed by atoms with van der Waals surface area (Å²) < 4.78 is 31.0. The van der Waals surface area contributed by atoms with Crippen molar-refractivity contribution in [2.24, 2.45) is 0 Å². The van der Waals surface area contributed by atoms with Crippen LogP contribution in [-0.4, -0.2) is 95.4 Å². The average Bonchev–Trinajstić information content (AvgIpc) is 3.25. The zero-order chi connectivity index (χ0) is 28.9. The fourth-order valence-electron chi connectivity index (χ4n) is 6.29. The van der Waals surface area contributed by atoms with Gasteiger partial charge in [0, 0.05) is 51.3 Å². The summed E-state index contributed by atoms with van der Waals surface area (Å²) in [5.74, 6) is -3.57. The Morgan fingerprint density at radius 1 is 0.951 bits per heavy atom. The molecule has 41 heavy (non-hydrogen) atoms. The summed E-state index contributed by atoms with van der Waals surface area (Å²) in [5, 5.41) is 5.77. The lowest BCUT2D eigenvalue weighted by molar-refractivity contribution is -0.129. The molecule has 4 heterocycles. The molecular formula is C28H30Cl2F2N6O3. The first kappa shape index (κ1) is 28.1. The smallest absolute Gasteiger partial charge is 0.342 e. The molecule has 0 bridgehead atoms. The molecule has 4 aliphatic heterocycles. The maximum absolute atomic E-state index is 15.5. The van der Waals surface area contributed by atoms with Gasteiger partial charge in [-0.25, -0.2) is 23.6 Å². The number of hydrazine groups is 1. The Balaban J connectivity index is 1.06. The Kier molecular flexibility index (Phi) is 7.56. The van der Waals surface area contributed by atoms with Crippen molar-refractivity contribution in [3.05, 3.63) is 63.1 Å². The quantitative estimate of drug-likeness (QED) is 0.557. The number of alkyl halides is 2. The predicted molar refractivity (Wildman–Crippen MR) is 150 cm³/mol. The molecule has 13 heteroatoms. The molecule has 3 saturated heterocycles. The number of carbonyl (C=O) groups excluding carboxylic acids is 3. The van der Waals surface area contributed by atoms with E-state index in [1.54, 1.807) is 23.1 Å². The van der Waals surface area contributed by atoms with Crippen molar-refractivity contribution in [1.82, 2.24) is 25.1 Å². The Hall–Kier alpha value is -2.99. The zero-order valence-corrected chi connectivity index (χ0v) is 23.8. The number of halogens is 4. The molecule has 2 aromatic carbocycles. The van der Waals surface area contributed by atoms with Crippen LogP contribution < -0.4 is 10.2 Å². The summed E-state index contributed by atoms with van der Waals surface area (Å²) in [6, 6.07) is 9.34. The van der Waals surface area contributed by atoms with Gasteiger partial charge in [-0.3, -0.25) is 24.7 Å². The van der Waals surface area contributed by atoms with Gasteiger partial charge < -0.3 is 4.90 Å². The standard InChI is InChI=1S/C28H30Cl2F2N6O3/c29-21-2-1-3-22(25(21)30)35-10-12-36(13-11-35)23-6-8-34(17-28(23,31)32)15-18-4-5-20-19(14-18)16-38(26(20)40)37-9-7-24(39)33-27(37)41/h1-5,14,23H,6-13,15-17H2,(H,33,39,41). The van der Waals surface area contributed by atoms with E-state index >= 15 is 8.78 Å². The van der Waals surface area contributed by atoms with E-state index in [4.69, 9.17) is 23.2 Å². The van der Waals surface area contributed by atoms with E-state index in [2.05, 4.69) is 10.2 Å². The topological polar surface area (TPSA) is 79.4 Å². The number of likely N-dealkylation sites (tertiary alicyclic amines) is 1. The van der Waals surface area contributed by atoms with Crippen molar-refractivity contribution >= 4 is 46.7 Å². The molecule has 1 N–H and O–H groups in total. The molecule has 1 atom stereocenters. The van der Waals surface area contributed by atoms with Gasteiger partial charge in [-0.1, -0.05) is 41.4 Å². The van der Waals surface area contributed by atoms with Gasteiger partial charge in [0.2, 0.25) is 5.91 Å². The van der Waals surface area contributed by atoms with Crippen LogP contribution in [0.1, 0.15) is 34.3 Å². The van der Waals surface area contributed by atoms with Crippen molar-refractivity contribution in [3.63, 3.8) is 0 Å². The predicted octanol–water partition coefficient (Wildman–Crippen LogP) is 3.84. The summed E-state index contributed by atoms with van der Waals surface area (Å²) in [5.41, 5.74) is 2.86. The number of piperazine rings is 1. The number of fused-ring (bicyclic) bond motifs is 1. The number of imide groups is 1. The van der Waals surface area contributed by atoms with Crippen LogP contribution in [0.4, 0.5) is 19.3 Å². The Labute approximate surface area is 246 Å². The minimum atomic E-state index is -2.88. The second-order valence-corrected chi connectivity index (χ2v) is 11.7. The maximum Gasteiger partial charge on any atom is 0.342 e. The van der Waals surface area contributed by atoms with Crippen molar-refractivity contribution in [2.75, 3.05) is 50.7 Å². The van der Waals surface area contributed by atoms with E-state index in [0.29, 0.717) is 61.3 Å². The third-order valence-corrected chi connectivity index (χ3v) is 9.16. The van der Waals surface area contributed by atoms with Crippen LogP contribution in [0, 0.1) is 0 Å². The van der Waals surface area contributed by atoms with Gasteiger partial charge in [0.1, 0.15) is 0 Å². The minimum absolute atomic E-state index is 0.118. The first-order chi connectivity index (χ1) is 19.6. The molecule has 0 radical (unpaired) electrons. The second-order valence-electron chi connectivity index (χ2n) is 11.0. The van der Waals surface area contributed by atoms with Gasteiger partial charge in [-0.2, -0.15) is 0 Å². The summed E-state index contributed by atoms with van der Waals surface area (Å²) in [7, 11) is 0. The molecule has 0 saturated carbocycles. The highest BCUT2D eigenvalue weighted by Crippen LogP contribution is 2.36. The van der Waals surface area contributed by atoms with Crippen LogP contribution >= 0.6 is 23.2 Å². The maximum atomic E-state index is 15.5. The fraction of sp³-hybridized carbons (Fsp3) is 0.464. The third-order valence-electron chi connectivity index (χ3n) is 8.35. The zero-order valence-electron chi connectivity index (χ0n) is 22.3. The molecule has 0 spiro atoms. The highest BCUT2D eigenvalue weighted by atomic mass is 35.5. The fourth-order valence-corrected chi connectivity index (χ4v) is 6.71. The van der Waals surface area contributed by atoms with Gasteiger partial charge in [0.15, 0.2) is 0 Å². The lowest BCUT2D eigenvalue weighted by atomic mass is 9.97. The van der Waals surface area contributed by atoms with Crippen molar-refractivity contribution in [3.8, 4) is 0 Å². The average molecular weight is 607 g/mol. The number of nitrogens with zero attached hydrogens (tertiary/aromatic N) is 5. The molecule has 4 amide bonds. The molecule has 4 aliphatic rings. The van der Waals surface area contributed by atoms with Crippen LogP contribution in [0.15, 0.2) is 36.4 Å². The number of nitrogens with one attached hydrogen (secondary N) is 1. The van der Waals surface area contributed by atoms with Crippen LogP contribution in [0.25, 0.3) is 0 Å². The van der Waals surface area contributed by atoms with Crippen LogP contribution in [-0.2, 0) is 17.9 Å². The summed E-state index contributed by atoms with van der Waals surface area (Å²) in [6.07, 6.45) is 0.470. The van der Waals surface area contributed by atoms with Crippen molar-refractivity contribution < 1.29 is 23.2 Å². The van der Waals surface area contributed by atoms with E-state index < -0.39 is 18.0 Å². The SMILES string of the molecule is O=C1CCN(N2Cc3cc(CN4CCC(N5CCN(c6cccc(Cl)c6Cl)CC5)C(F)(F)C4)ccc3C2=O)C(=O)N1. The Morgan fingerprint density at radius 2 is 1.73 bits per heavy atom. The number of hydrogen-bond acceptors (Lipinski definition) is 6. The van der Waals surface area contributed by atoms with Crippen LogP contribution in [0.5, 0.6) is 0 Å². The van der Waals surface area contributed by atoms with Crippen LogP contribution in [0.3, 0.4) is 0 Å². The minimum Gasteiger partial charge on any atom is -0.368 e. The molecule has 6 rings (SSSR count). The third kappa shape index (κ3) is 5.48. The number of piperidine rings is 1. The molecule has 3 fully saturated rings. The molecule has 218 valence electrons. The largest absolute Gasteiger partial charge is 0.368 e. The summed E-state index contributed by atoms with van der Waals surface area (Å²) in [6.45, 7) is 3.06. The van der Waals surface area contributed by atoms with Gasteiger partial charge >= 0.3 is 6.03 Å². The summed E-state index contributed by atoms with van der Waals surface area (Å²) >= 11 is 12.5. The van der Waals surface area contributed by atoms with Gasteiger partial charge in [-0.15, -0.1) is 0 Å². The number of anilines is 1. The Bertz CT molecular complexity index is 1390. The van der Waals surface area contributed by atoms with Crippen molar-refractivity contribution in [2.45, 2.75) is 37.9 Å². The highest BCUT2D eigenvalue weighted by molar-refractivity contribution is 6.43. The molecule has 9 nitrogen and oxygen atoms in total. The van der Waals surface area contributed by atoms with Crippen LogP contribution in [0.2, 0.25) is 10.0 Å². The lowest BCUT2D eigenvalue weighted by Gasteiger charge is -2.46. The van der Waals surface area contributed by atoms with Gasteiger partial charge in [0.05, 0.1) is 41.4 Å². The van der Waals surface area contributed by atoms with E-state index in [0.717, 1.165) is 16.8 Å². The molecule has 1 unspecified atom stereocenters. The normalized spacial score (nSPS) is 23.7. The number of carbonyl (C=O) groups is 3. The number of urea groups is 1. The Morgan fingerprint density at radius 3 is 2.46 bits per heavy atom. The van der Waals surface area contributed by atoms with Gasteiger partial charge in [-0.05, 0) is 35.7 Å². The first-order valence-electron chi connectivity index (χ1n) is 13.7. The molecular weight excluding hydrogens is 577 g/mol. The molecule has 2 aromatic rings. The van der Waals surface area contributed by atoms with E-state index in [1.165, 1.54) is 10.0 Å². The van der Waals surface area contributed by atoms with E-state index in [1.807, 2.05) is 23.1 Å². The number of rotatable bonds is 5. The molecule has 0 aromatic heterocycles. The molecule has 0 aliphatic carbocycles. The second kappa shape index (κ2) is 11.0.